The van der Waals surface area contributed by atoms with Gasteiger partial charge in [-0.2, -0.15) is 5.10 Å². The maximum absolute atomic E-state index is 12.4. The van der Waals surface area contributed by atoms with Crippen molar-refractivity contribution < 1.29 is 4.79 Å². The van der Waals surface area contributed by atoms with E-state index in [1.54, 1.807) is 6.20 Å². The van der Waals surface area contributed by atoms with Crippen molar-refractivity contribution in [3.05, 3.63) is 18.3 Å². The highest BCUT2D eigenvalue weighted by molar-refractivity contribution is 5.82. The zero-order valence-electron chi connectivity index (χ0n) is 12.3. The molecule has 3 heterocycles. The van der Waals surface area contributed by atoms with Crippen LogP contribution in [-0.4, -0.2) is 52.7 Å². The summed E-state index contributed by atoms with van der Waals surface area (Å²) in [6.45, 7) is 2.63. The van der Waals surface area contributed by atoms with Gasteiger partial charge in [0.05, 0.1) is 6.04 Å². The van der Waals surface area contributed by atoms with Crippen molar-refractivity contribution in [2.24, 2.45) is 0 Å². The van der Waals surface area contributed by atoms with Crippen molar-refractivity contribution in [3.63, 3.8) is 0 Å². The predicted octanol–water partition coefficient (Wildman–Crippen LogP) is 1.02. The molecule has 0 aliphatic carbocycles. The van der Waals surface area contributed by atoms with Crippen molar-refractivity contribution in [1.29, 1.82) is 0 Å². The fraction of sp³-hybridized carbons (Fsp3) is 0.667. The molecule has 0 bridgehead atoms. The van der Waals surface area contributed by atoms with Gasteiger partial charge >= 0.3 is 0 Å². The van der Waals surface area contributed by atoms with E-state index in [9.17, 15) is 4.79 Å². The number of nitrogens with one attached hydrogen (secondary N) is 2. The van der Waals surface area contributed by atoms with Crippen molar-refractivity contribution >= 4 is 11.7 Å². The van der Waals surface area contributed by atoms with Crippen LogP contribution in [-0.2, 0) is 4.79 Å². The van der Waals surface area contributed by atoms with Crippen LogP contribution in [0.2, 0.25) is 0 Å². The molecule has 3 rings (SSSR count). The van der Waals surface area contributed by atoms with Gasteiger partial charge in [0.15, 0.2) is 0 Å². The molecule has 0 unspecified atom stereocenters. The van der Waals surface area contributed by atoms with E-state index in [1.807, 2.05) is 17.0 Å². The third kappa shape index (κ3) is 3.69. The largest absolute Gasteiger partial charge is 0.366 e. The average molecular weight is 289 g/mol. The lowest BCUT2D eigenvalue weighted by atomic mass is 10.0. The summed E-state index contributed by atoms with van der Waals surface area (Å²) in [7, 11) is 0. The standard InChI is InChI=1S/C15H23N5O/c21-15(13-4-1-2-8-16-13)20-10-6-12(7-11-20)18-14-5-3-9-17-19-14/h3,5,9,12-13,16H,1-2,4,6-8,10-11H2,(H,18,19)/t13-/m1/s1. The Bertz CT molecular complexity index is 452. The first-order chi connectivity index (χ1) is 10.3. The maximum Gasteiger partial charge on any atom is 0.239 e. The second-order valence-corrected chi connectivity index (χ2v) is 5.86. The van der Waals surface area contributed by atoms with Crippen LogP contribution in [0.3, 0.4) is 0 Å². The quantitative estimate of drug-likeness (QED) is 0.869. The molecule has 2 N–H and O–H groups in total. The number of carbonyl (C=O) groups is 1. The van der Waals surface area contributed by atoms with Gasteiger partial charge in [0, 0.05) is 25.3 Å². The SMILES string of the molecule is O=C([C@H]1CCCCN1)N1CCC(Nc2cccnn2)CC1. The molecule has 114 valence electrons. The van der Waals surface area contributed by atoms with Crippen molar-refractivity contribution in [2.75, 3.05) is 25.0 Å². The van der Waals surface area contributed by atoms with E-state index in [4.69, 9.17) is 0 Å². The Labute approximate surface area is 125 Å². The van der Waals surface area contributed by atoms with Crippen molar-refractivity contribution in [2.45, 2.75) is 44.2 Å². The molecule has 1 amide bonds. The Hall–Kier alpha value is -1.69. The first-order valence-corrected chi connectivity index (χ1v) is 7.89. The summed E-state index contributed by atoms with van der Waals surface area (Å²) in [5, 5.41) is 14.7. The topological polar surface area (TPSA) is 70.2 Å². The number of nitrogens with zero attached hydrogens (tertiary/aromatic N) is 3. The van der Waals surface area contributed by atoms with Gasteiger partial charge in [-0.05, 0) is 44.4 Å². The lowest BCUT2D eigenvalue weighted by Gasteiger charge is -2.35. The third-order valence-corrected chi connectivity index (χ3v) is 4.34. The van der Waals surface area contributed by atoms with Crippen LogP contribution in [0.25, 0.3) is 0 Å². The second kappa shape index (κ2) is 6.85. The van der Waals surface area contributed by atoms with Crippen LogP contribution in [0.5, 0.6) is 0 Å². The summed E-state index contributed by atoms with van der Waals surface area (Å²) in [5.74, 6) is 1.10. The highest BCUT2D eigenvalue weighted by atomic mass is 16.2. The number of rotatable bonds is 3. The van der Waals surface area contributed by atoms with Gasteiger partial charge < -0.3 is 15.5 Å². The molecule has 0 radical (unpaired) electrons. The summed E-state index contributed by atoms with van der Waals surface area (Å²) in [6.07, 6.45) is 6.94. The molecule has 0 saturated carbocycles. The normalized spacial score (nSPS) is 23.8. The van der Waals surface area contributed by atoms with E-state index in [-0.39, 0.29) is 11.9 Å². The van der Waals surface area contributed by atoms with Gasteiger partial charge in [-0.15, -0.1) is 5.10 Å². The van der Waals surface area contributed by atoms with Crippen LogP contribution < -0.4 is 10.6 Å². The molecular weight excluding hydrogens is 266 g/mol. The van der Waals surface area contributed by atoms with Gasteiger partial charge in [-0.3, -0.25) is 4.79 Å². The van der Waals surface area contributed by atoms with Crippen molar-refractivity contribution in [3.8, 4) is 0 Å². The fourth-order valence-corrected chi connectivity index (χ4v) is 3.11. The first kappa shape index (κ1) is 14.3. The van der Waals surface area contributed by atoms with E-state index in [2.05, 4.69) is 20.8 Å². The molecule has 2 aliphatic heterocycles. The number of aromatic nitrogens is 2. The number of hydrogen-bond donors (Lipinski definition) is 2. The molecule has 6 nitrogen and oxygen atoms in total. The summed E-state index contributed by atoms with van der Waals surface area (Å²) >= 11 is 0. The fourth-order valence-electron chi connectivity index (χ4n) is 3.11. The Balaban J connectivity index is 1.47. The minimum Gasteiger partial charge on any atom is -0.366 e. The summed E-state index contributed by atoms with van der Waals surface area (Å²) in [5.41, 5.74) is 0. The minimum atomic E-state index is 0.0447. The second-order valence-electron chi connectivity index (χ2n) is 5.86. The van der Waals surface area contributed by atoms with Gasteiger partial charge in [-0.25, -0.2) is 0 Å². The smallest absolute Gasteiger partial charge is 0.239 e. The molecule has 0 spiro atoms. The van der Waals surface area contributed by atoms with Crippen LogP contribution in [0, 0.1) is 0 Å². The Kier molecular flexibility index (Phi) is 4.65. The van der Waals surface area contributed by atoms with Crippen molar-refractivity contribution in [1.82, 2.24) is 20.4 Å². The minimum absolute atomic E-state index is 0.0447. The molecule has 2 saturated heterocycles. The molecule has 21 heavy (non-hydrogen) atoms. The number of anilines is 1. The van der Waals surface area contributed by atoms with Crippen LogP contribution in [0.4, 0.5) is 5.82 Å². The van der Waals surface area contributed by atoms with Crippen LogP contribution in [0.1, 0.15) is 32.1 Å². The lowest BCUT2D eigenvalue weighted by molar-refractivity contribution is -0.135. The Morgan fingerprint density at radius 1 is 1.29 bits per heavy atom. The highest BCUT2D eigenvalue weighted by Gasteiger charge is 2.28. The summed E-state index contributed by atoms with van der Waals surface area (Å²) in [6, 6.07) is 4.23. The predicted molar refractivity (Wildman–Crippen MR) is 80.9 cm³/mol. The van der Waals surface area contributed by atoms with Crippen LogP contribution in [0.15, 0.2) is 18.3 Å². The first-order valence-electron chi connectivity index (χ1n) is 7.89. The third-order valence-electron chi connectivity index (χ3n) is 4.34. The molecule has 1 aromatic heterocycles. The maximum atomic E-state index is 12.4. The monoisotopic (exact) mass is 289 g/mol. The van der Waals surface area contributed by atoms with Gasteiger partial charge in [0.1, 0.15) is 5.82 Å². The molecule has 2 aliphatic rings. The Morgan fingerprint density at radius 3 is 2.81 bits per heavy atom. The molecular formula is C15H23N5O. The molecule has 0 aromatic carbocycles. The molecule has 2 fully saturated rings. The highest BCUT2D eigenvalue weighted by Crippen LogP contribution is 2.17. The number of likely N-dealkylation sites (tertiary alicyclic amines) is 1. The Morgan fingerprint density at radius 2 is 2.14 bits per heavy atom. The van der Waals surface area contributed by atoms with Gasteiger partial charge in [0.2, 0.25) is 5.91 Å². The summed E-state index contributed by atoms with van der Waals surface area (Å²) < 4.78 is 0. The number of amides is 1. The zero-order valence-corrected chi connectivity index (χ0v) is 12.3. The lowest BCUT2D eigenvalue weighted by Crippen LogP contribution is -2.51. The molecule has 1 atom stereocenters. The van der Waals surface area contributed by atoms with Gasteiger partial charge in [-0.1, -0.05) is 6.42 Å². The van der Waals surface area contributed by atoms with E-state index in [0.717, 1.165) is 51.1 Å². The van der Waals surface area contributed by atoms with E-state index in [1.165, 1.54) is 6.42 Å². The van der Waals surface area contributed by atoms with E-state index < -0.39 is 0 Å². The van der Waals surface area contributed by atoms with Crippen LogP contribution >= 0.6 is 0 Å². The molecule has 6 heteroatoms. The van der Waals surface area contributed by atoms with E-state index >= 15 is 0 Å². The number of piperidine rings is 2. The summed E-state index contributed by atoms with van der Waals surface area (Å²) in [4.78, 5) is 14.5. The zero-order chi connectivity index (χ0) is 14.5. The average Bonchev–Trinajstić information content (AvgIpc) is 2.57. The number of hydrogen-bond acceptors (Lipinski definition) is 5. The molecule has 1 aromatic rings. The van der Waals surface area contributed by atoms with E-state index in [0.29, 0.717) is 6.04 Å². The number of carbonyl (C=O) groups excluding carboxylic acids is 1. The van der Waals surface area contributed by atoms with Gasteiger partial charge in [0.25, 0.3) is 0 Å².